The Kier molecular flexibility index (Phi) is 4.03. The van der Waals surface area contributed by atoms with Crippen LogP contribution in [0.2, 0.25) is 0 Å². The molecule has 1 heterocycles. The van der Waals surface area contributed by atoms with Crippen molar-refractivity contribution in [3.63, 3.8) is 0 Å². The molecule has 5 heteroatoms. The van der Waals surface area contributed by atoms with Crippen LogP contribution < -0.4 is 11.1 Å². The average molecular weight is 391 g/mol. The van der Waals surface area contributed by atoms with Crippen LogP contribution in [0.4, 0.5) is 0 Å². The first-order valence-corrected chi connectivity index (χ1v) is 7.74. The van der Waals surface area contributed by atoms with Crippen molar-refractivity contribution in [2.45, 2.75) is 0 Å². The first kappa shape index (κ1) is 14.2. The van der Waals surface area contributed by atoms with E-state index in [1.807, 2.05) is 36.4 Å². The van der Waals surface area contributed by atoms with E-state index in [-0.39, 0.29) is 5.91 Å². The number of nitrogens with one attached hydrogen (secondary N) is 1. The van der Waals surface area contributed by atoms with E-state index >= 15 is 0 Å². The molecule has 4 nitrogen and oxygen atoms in total. The summed E-state index contributed by atoms with van der Waals surface area (Å²) >= 11 is 2.22. The minimum absolute atomic E-state index is 0.133. The second-order valence-electron chi connectivity index (χ2n) is 4.75. The van der Waals surface area contributed by atoms with Crippen molar-refractivity contribution in [1.82, 2.24) is 10.3 Å². The number of pyridine rings is 1. The third-order valence-corrected chi connectivity index (χ3v) is 3.88. The summed E-state index contributed by atoms with van der Waals surface area (Å²) in [5, 5.41) is 4.85. The summed E-state index contributed by atoms with van der Waals surface area (Å²) in [5.74, 6) is -0.133. The second kappa shape index (κ2) is 5.95. The van der Waals surface area contributed by atoms with Crippen molar-refractivity contribution in [2.75, 3.05) is 13.1 Å². The number of fused-ring (bicyclic) bond motifs is 2. The summed E-state index contributed by atoms with van der Waals surface area (Å²) in [7, 11) is 0. The number of hydrogen-bond donors (Lipinski definition) is 2. The lowest BCUT2D eigenvalue weighted by Gasteiger charge is -2.09. The highest BCUT2D eigenvalue weighted by Gasteiger charge is 2.13. The third-order valence-electron chi connectivity index (χ3n) is 3.26. The maximum absolute atomic E-state index is 12.3. The molecular formula is C16H14IN3O. The molecule has 1 amide bonds. The Morgan fingerprint density at radius 1 is 1.19 bits per heavy atom. The van der Waals surface area contributed by atoms with Crippen molar-refractivity contribution < 1.29 is 4.79 Å². The quantitative estimate of drug-likeness (QED) is 0.533. The molecule has 0 atom stereocenters. The van der Waals surface area contributed by atoms with Gasteiger partial charge in [-0.25, -0.2) is 4.98 Å². The molecule has 0 saturated heterocycles. The molecule has 2 aromatic carbocycles. The fraction of sp³-hybridized carbons (Fsp3) is 0.125. The molecule has 3 N–H and O–H groups in total. The minimum Gasteiger partial charge on any atom is -0.351 e. The first-order chi connectivity index (χ1) is 10.2. The lowest BCUT2D eigenvalue weighted by Crippen LogP contribution is -2.29. The highest BCUT2D eigenvalue weighted by atomic mass is 127. The zero-order valence-corrected chi connectivity index (χ0v) is 13.4. The van der Waals surface area contributed by atoms with Gasteiger partial charge in [0.15, 0.2) is 0 Å². The Bertz CT molecular complexity index is 832. The van der Waals surface area contributed by atoms with Gasteiger partial charge in [-0.3, -0.25) is 4.79 Å². The van der Waals surface area contributed by atoms with E-state index in [1.165, 1.54) is 0 Å². The number of halogens is 1. The van der Waals surface area contributed by atoms with E-state index in [1.54, 1.807) is 0 Å². The predicted octanol–water partition coefficient (Wildman–Crippen LogP) is 2.68. The fourth-order valence-electron chi connectivity index (χ4n) is 2.31. The molecule has 0 aliphatic rings. The number of nitrogens with two attached hydrogens (primary N) is 1. The molecule has 0 radical (unpaired) electrons. The lowest BCUT2D eigenvalue weighted by molar-refractivity contribution is 0.0956. The normalized spacial score (nSPS) is 11.0. The van der Waals surface area contributed by atoms with Gasteiger partial charge in [0.25, 0.3) is 5.91 Å². The number of carbonyl (C=O) groups excluding carboxylic acids is 1. The maximum Gasteiger partial charge on any atom is 0.253 e. The van der Waals surface area contributed by atoms with Gasteiger partial charge in [-0.2, -0.15) is 0 Å². The Morgan fingerprint density at radius 3 is 2.81 bits per heavy atom. The van der Waals surface area contributed by atoms with Gasteiger partial charge in [0.05, 0.1) is 16.6 Å². The molecule has 0 saturated carbocycles. The molecule has 3 rings (SSSR count). The molecule has 3 aromatic rings. The number of para-hydroxylation sites is 1. The van der Waals surface area contributed by atoms with Crippen molar-refractivity contribution in [2.24, 2.45) is 5.73 Å². The first-order valence-electron chi connectivity index (χ1n) is 6.66. The van der Waals surface area contributed by atoms with Crippen LogP contribution in [0, 0.1) is 3.57 Å². The summed E-state index contributed by atoms with van der Waals surface area (Å²) < 4.78 is 1.01. The van der Waals surface area contributed by atoms with Crippen LogP contribution in [-0.4, -0.2) is 24.0 Å². The van der Waals surface area contributed by atoms with Crippen LogP contribution in [0.3, 0.4) is 0 Å². The zero-order valence-electron chi connectivity index (χ0n) is 11.3. The van der Waals surface area contributed by atoms with Gasteiger partial charge in [-0.1, -0.05) is 18.2 Å². The molecule has 1 aromatic heterocycles. The van der Waals surface area contributed by atoms with Crippen molar-refractivity contribution in [1.29, 1.82) is 0 Å². The maximum atomic E-state index is 12.3. The van der Waals surface area contributed by atoms with Gasteiger partial charge >= 0.3 is 0 Å². The molecule has 0 aliphatic carbocycles. The average Bonchev–Trinajstić information content (AvgIpc) is 2.49. The van der Waals surface area contributed by atoms with Crippen LogP contribution in [0.5, 0.6) is 0 Å². The monoisotopic (exact) mass is 391 g/mol. The lowest BCUT2D eigenvalue weighted by atomic mass is 10.1. The van der Waals surface area contributed by atoms with E-state index < -0.39 is 0 Å². The van der Waals surface area contributed by atoms with Crippen LogP contribution in [0.1, 0.15) is 10.4 Å². The Hall–Kier alpha value is -1.73. The molecule has 106 valence electrons. The van der Waals surface area contributed by atoms with E-state index in [0.29, 0.717) is 18.7 Å². The van der Waals surface area contributed by atoms with Crippen LogP contribution >= 0.6 is 22.6 Å². The minimum atomic E-state index is -0.133. The van der Waals surface area contributed by atoms with Gasteiger partial charge in [0.1, 0.15) is 0 Å². The van der Waals surface area contributed by atoms with Crippen LogP contribution in [0.25, 0.3) is 21.8 Å². The molecular weight excluding hydrogens is 377 g/mol. The summed E-state index contributed by atoms with van der Waals surface area (Å²) in [6, 6.07) is 13.9. The number of amides is 1. The van der Waals surface area contributed by atoms with E-state index in [2.05, 4.69) is 39.0 Å². The van der Waals surface area contributed by atoms with Crippen molar-refractivity contribution in [3.8, 4) is 0 Å². The van der Waals surface area contributed by atoms with E-state index in [9.17, 15) is 4.79 Å². The van der Waals surface area contributed by atoms with Crippen molar-refractivity contribution >= 4 is 50.3 Å². The summed E-state index contributed by atoms with van der Waals surface area (Å²) in [6.07, 6.45) is 0. The molecule has 0 fully saturated rings. The Morgan fingerprint density at radius 2 is 2.00 bits per heavy atom. The Balaban J connectivity index is 2.22. The second-order valence-corrected chi connectivity index (χ2v) is 6.00. The predicted molar refractivity (Wildman–Crippen MR) is 93.4 cm³/mol. The zero-order chi connectivity index (χ0) is 14.8. The van der Waals surface area contributed by atoms with E-state index in [4.69, 9.17) is 5.73 Å². The third kappa shape index (κ3) is 2.84. The van der Waals surface area contributed by atoms with Crippen LogP contribution in [0.15, 0.2) is 42.5 Å². The summed E-state index contributed by atoms with van der Waals surface area (Å²) in [4.78, 5) is 16.9. The highest BCUT2D eigenvalue weighted by molar-refractivity contribution is 14.1. The molecule has 0 unspecified atom stereocenters. The van der Waals surface area contributed by atoms with Gasteiger partial charge in [0, 0.05) is 27.4 Å². The van der Waals surface area contributed by atoms with Crippen molar-refractivity contribution in [3.05, 3.63) is 51.6 Å². The number of benzene rings is 2. The molecule has 21 heavy (non-hydrogen) atoms. The summed E-state index contributed by atoms with van der Waals surface area (Å²) in [6.45, 7) is 0.878. The number of carbonyl (C=O) groups is 1. The van der Waals surface area contributed by atoms with Gasteiger partial charge < -0.3 is 11.1 Å². The smallest absolute Gasteiger partial charge is 0.253 e. The molecule has 0 aliphatic heterocycles. The van der Waals surface area contributed by atoms with Crippen LogP contribution in [-0.2, 0) is 0 Å². The largest absolute Gasteiger partial charge is 0.351 e. The molecule has 0 bridgehead atoms. The number of aromatic nitrogens is 1. The van der Waals surface area contributed by atoms with E-state index in [0.717, 1.165) is 25.4 Å². The number of nitrogens with zero attached hydrogens (tertiary/aromatic N) is 1. The molecule has 0 spiro atoms. The number of rotatable bonds is 3. The topological polar surface area (TPSA) is 68.0 Å². The standard InChI is InChI=1S/C16H14IN3O/c17-12-8-11-7-10-3-1-2-4-14(10)20-15(11)13(9-12)16(21)19-6-5-18/h1-4,7-9H,5-6,18H2,(H,19,21). The fourth-order valence-corrected chi connectivity index (χ4v) is 2.96. The number of hydrogen-bond acceptors (Lipinski definition) is 3. The summed E-state index contributed by atoms with van der Waals surface area (Å²) in [5.41, 5.74) is 7.65. The highest BCUT2D eigenvalue weighted by Crippen LogP contribution is 2.24. The van der Waals surface area contributed by atoms with Gasteiger partial charge in [-0.15, -0.1) is 0 Å². The SMILES string of the molecule is NCCNC(=O)c1cc(I)cc2cc3ccccc3nc12. The van der Waals surface area contributed by atoms with Gasteiger partial charge in [0.2, 0.25) is 0 Å². The van der Waals surface area contributed by atoms with Gasteiger partial charge in [-0.05, 0) is 46.9 Å². The Labute approximate surface area is 135 Å².